The Morgan fingerprint density at radius 1 is 1.32 bits per heavy atom. The van der Waals surface area contributed by atoms with Crippen LogP contribution in [0.2, 0.25) is 0 Å². The topological polar surface area (TPSA) is 97.8 Å². The first-order valence-corrected chi connectivity index (χ1v) is 7.48. The molecule has 138 valence electrons. The molecule has 10 heteroatoms. The van der Waals surface area contributed by atoms with Crippen LogP contribution in [0.15, 0.2) is 18.2 Å². The molecule has 1 aliphatic heterocycles. The molecule has 1 aromatic rings. The van der Waals surface area contributed by atoms with Gasteiger partial charge in [-0.25, -0.2) is 4.98 Å². The number of aromatic nitrogens is 1. The molecule has 25 heavy (non-hydrogen) atoms. The summed E-state index contributed by atoms with van der Waals surface area (Å²) in [6.45, 7) is -0.920. The number of alkyl halides is 3. The molecule has 1 saturated heterocycles. The quantitative estimate of drug-likeness (QED) is 0.801. The summed E-state index contributed by atoms with van der Waals surface area (Å²) in [7, 11) is 0. The molecule has 1 aliphatic rings. The standard InChI is InChI=1S/C15H17F3N2O5/c16-15(17,18)9-25-11-3-1-2-10(19-11)13(23)20-14(8-12(21)22)4-6-24-7-5-14/h1-3H,4-9H2,(H,20,23)(H,21,22). The molecule has 7 nitrogen and oxygen atoms in total. The van der Waals surface area contributed by atoms with Crippen molar-refractivity contribution in [3.05, 3.63) is 23.9 Å². The van der Waals surface area contributed by atoms with E-state index in [1.807, 2.05) is 0 Å². The van der Waals surface area contributed by atoms with Gasteiger partial charge in [-0.1, -0.05) is 6.07 Å². The number of rotatable bonds is 6. The molecule has 1 aromatic heterocycles. The van der Waals surface area contributed by atoms with E-state index in [9.17, 15) is 22.8 Å². The van der Waals surface area contributed by atoms with E-state index >= 15 is 0 Å². The van der Waals surface area contributed by atoms with Gasteiger partial charge in [-0.2, -0.15) is 13.2 Å². The summed E-state index contributed by atoms with van der Waals surface area (Å²) in [5.41, 5.74) is -1.14. The Morgan fingerprint density at radius 3 is 2.60 bits per heavy atom. The summed E-state index contributed by atoms with van der Waals surface area (Å²) in [6, 6.07) is 3.84. The first-order chi connectivity index (χ1) is 11.7. The van der Waals surface area contributed by atoms with E-state index in [1.165, 1.54) is 18.2 Å². The third-order valence-corrected chi connectivity index (χ3v) is 3.66. The molecule has 0 aromatic carbocycles. The lowest BCUT2D eigenvalue weighted by Crippen LogP contribution is -2.53. The van der Waals surface area contributed by atoms with Gasteiger partial charge in [0.25, 0.3) is 5.91 Å². The van der Waals surface area contributed by atoms with Crippen molar-refractivity contribution < 1.29 is 37.3 Å². The highest BCUT2D eigenvalue weighted by Gasteiger charge is 2.37. The second-order valence-electron chi connectivity index (χ2n) is 5.68. The lowest BCUT2D eigenvalue weighted by Gasteiger charge is -2.36. The van der Waals surface area contributed by atoms with E-state index in [0.29, 0.717) is 26.1 Å². The molecule has 1 amide bonds. The Morgan fingerprint density at radius 2 is 2.00 bits per heavy atom. The van der Waals surface area contributed by atoms with Crippen LogP contribution in [-0.4, -0.2) is 53.5 Å². The number of carbonyl (C=O) groups is 2. The molecule has 0 aliphatic carbocycles. The van der Waals surface area contributed by atoms with Crippen molar-refractivity contribution in [1.82, 2.24) is 10.3 Å². The van der Waals surface area contributed by atoms with Crippen LogP contribution in [0.25, 0.3) is 0 Å². The number of nitrogens with one attached hydrogen (secondary N) is 1. The highest BCUT2D eigenvalue weighted by molar-refractivity contribution is 5.93. The van der Waals surface area contributed by atoms with Gasteiger partial charge in [0.2, 0.25) is 5.88 Å². The predicted octanol–water partition coefficient (Wildman–Crippen LogP) is 1.78. The second kappa shape index (κ2) is 7.68. The lowest BCUT2D eigenvalue weighted by atomic mass is 9.86. The van der Waals surface area contributed by atoms with E-state index in [-0.39, 0.29) is 18.0 Å². The van der Waals surface area contributed by atoms with Crippen LogP contribution in [0, 0.1) is 0 Å². The van der Waals surface area contributed by atoms with Crippen molar-refractivity contribution in [3.8, 4) is 5.88 Å². The second-order valence-corrected chi connectivity index (χ2v) is 5.68. The van der Waals surface area contributed by atoms with Crippen LogP contribution in [0.4, 0.5) is 13.2 Å². The minimum Gasteiger partial charge on any atom is -0.481 e. The van der Waals surface area contributed by atoms with Gasteiger partial charge in [-0.15, -0.1) is 0 Å². The summed E-state index contributed by atoms with van der Waals surface area (Å²) in [4.78, 5) is 27.2. The number of pyridine rings is 1. The zero-order chi connectivity index (χ0) is 18.5. The van der Waals surface area contributed by atoms with Crippen LogP contribution >= 0.6 is 0 Å². The van der Waals surface area contributed by atoms with Gasteiger partial charge < -0.3 is 19.9 Å². The Bertz CT molecular complexity index is 630. The lowest BCUT2D eigenvalue weighted by molar-refractivity contribution is -0.154. The zero-order valence-corrected chi connectivity index (χ0v) is 13.1. The smallest absolute Gasteiger partial charge is 0.422 e. The normalized spacial score (nSPS) is 16.9. The van der Waals surface area contributed by atoms with Gasteiger partial charge in [-0.3, -0.25) is 9.59 Å². The van der Waals surface area contributed by atoms with Crippen molar-refractivity contribution in [1.29, 1.82) is 0 Å². The molecule has 0 atom stereocenters. The molecule has 1 fully saturated rings. The minimum atomic E-state index is -4.52. The van der Waals surface area contributed by atoms with Crippen molar-refractivity contribution in [2.75, 3.05) is 19.8 Å². The Kier molecular flexibility index (Phi) is 5.83. The summed E-state index contributed by atoms with van der Waals surface area (Å²) in [5, 5.41) is 11.7. The maximum absolute atomic E-state index is 12.4. The van der Waals surface area contributed by atoms with Crippen LogP contribution in [-0.2, 0) is 9.53 Å². The van der Waals surface area contributed by atoms with Crippen molar-refractivity contribution in [2.45, 2.75) is 31.0 Å². The predicted molar refractivity (Wildman–Crippen MR) is 78.3 cm³/mol. The molecule has 2 N–H and O–H groups in total. The Labute approximate surface area is 141 Å². The van der Waals surface area contributed by atoms with Gasteiger partial charge in [0.1, 0.15) is 5.69 Å². The summed E-state index contributed by atoms with van der Waals surface area (Å²) in [5.74, 6) is -2.10. The van der Waals surface area contributed by atoms with Gasteiger partial charge in [0.15, 0.2) is 6.61 Å². The zero-order valence-electron chi connectivity index (χ0n) is 13.1. The maximum atomic E-state index is 12.4. The fourth-order valence-corrected chi connectivity index (χ4v) is 2.48. The highest BCUT2D eigenvalue weighted by atomic mass is 19.4. The summed E-state index contributed by atoms with van der Waals surface area (Å²) < 4.78 is 46.2. The molecule has 0 bridgehead atoms. The van der Waals surface area contributed by atoms with Crippen LogP contribution in [0.1, 0.15) is 29.8 Å². The average molecular weight is 362 g/mol. The fourth-order valence-electron chi connectivity index (χ4n) is 2.48. The van der Waals surface area contributed by atoms with Crippen molar-refractivity contribution >= 4 is 11.9 Å². The first-order valence-electron chi connectivity index (χ1n) is 7.48. The van der Waals surface area contributed by atoms with Crippen LogP contribution in [0.5, 0.6) is 5.88 Å². The number of aliphatic carboxylic acids is 1. The summed E-state index contributed by atoms with van der Waals surface area (Å²) >= 11 is 0. The van der Waals surface area contributed by atoms with E-state index in [2.05, 4.69) is 15.0 Å². The Hall–Kier alpha value is -2.36. The molecule has 0 spiro atoms. The SMILES string of the molecule is O=C(O)CC1(NC(=O)c2cccc(OCC(F)(F)F)n2)CCOCC1. The van der Waals surface area contributed by atoms with Crippen LogP contribution < -0.4 is 10.1 Å². The maximum Gasteiger partial charge on any atom is 0.422 e. The molecule has 0 radical (unpaired) electrons. The van der Waals surface area contributed by atoms with Gasteiger partial charge in [0, 0.05) is 19.3 Å². The number of hydrogen-bond donors (Lipinski definition) is 2. The first kappa shape index (κ1) is 19.0. The van der Waals surface area contributed by atoms with Gasteiger partial charge >= 0.3 is 12.1 Å². The fraction of sp³-hybridized carbons (Fsp3) is 0.533. The molecule has 0 saturated carbocycles. The van der Waals surface area contributed by atoms with E-state index in [1.54, 1.807) is 0 Å². The van der Waals surface area contributed by atoms with Crippen molar-refractivity contribution in [2.24, 2.45) is 0 Å². The largest absolute Gasteiger partial charge is 0.481 e. The Balaban J connectivity index is 2.09. The number of carboxylic acid groups (broad SMARTS) is 1. The number of ether oxygens (including phenoxy) is 2. The third kappa shape index (κ3) is 5.89. The molecule has 0 unspecified atom stereocenters. The monoisotopic (exact) mass is 362 g/mol. The van der Waals surface area contributed by atoms with Gasteiger partial charge in [-0.05, 0) is 18.9 Å². The van der Waals surface area contributed by atoms with Crippen LogP contribution in [0.3, 0.4) is 0 Å². The van der Waals surface area contributed by atoms with Gasteiger partial charge in [0.05, 0.1) is 12.0 Å². The number of nitrogens with zero attached hydrogens (tertiary/aromatic N) is 1. The van der Waals surface area contributed by atoms with E-state index in [0.717, 1.165) is 0 Å². The molecule has 2 heterocycles. The third-order valence-electron chi connectivity index (χ3n) is 3.66. The number of halogens is 3. The molecular formula is C15H17F3N2O5. The van der Waals surface area contributed by atoms with E-state index in [4.69, 9.17) is 9.84 Å². The van der Waals surface area contributed by atoms with Crippen molar-refractivity contribution in [3.63, 3.8) is 0 Å². The average Bonchev–Trinajstić information content (AvgIpc) is 2.52. The number of hydrogen-bond acceptors (Lipinski definition) is 5. The minimum absolute atomic E-state index is 0.157. The molecular weight excluding hydrogens is 345 g/mol. The number of carbonyl (C=O) groups excluding carboxylic acids is 1. The summed E-state index contributed by atoms with van der Waals surface area (Å²) in [6.07, 6.45) is -4.18. The number of amides is 1. The molecule has 2 rings (SSSR count). The number of carboxylic acids is 1. The van der Waals surface area contributed by atoms with E-state index < -0.39 is 30.2 Å². The highest BCUT2D eigenvalue weighted by Crippen LogP contribution is 2.25.